The summed E-state index contributed by atoms with van der Waals surface area (Å²) in [6.45, 7) is 0.166. The summed E-state index contributed by atoms with van der Waals surface area (Å²) >= 11 is 3.42. The number of nitrogens with zero attached hydrogens (tertiary/aromatic N) is 2. The molecule has 8 heteroatoms. The number of ether oxygens (including phenoxy) is 2. The fourth-order valence-electron chi connectivity index (χ4n) is 3.55. The summed E-state index contributed by atoms with van der Waals surface area (Å²) in [6, 6.07) is 15.5. The van der Waals surface area contributed by atoms with Gasteiger partial charge in [0, 0.05) is 0 Å². The molecule has 0 bridgehead atoms. The summed E-state index contributed by atoms with van der Waals surface area (Å²) in [5.41, 5.74) is 4.79. The third-order valence-corrected chi connectivity index (χ3v) is 7.45. The number of thioether (sulfide) groups is 1. The molecule has 1 unspecified atom stereocenters. The smallest absolute Gasteiger partial charge is 0.284 e. The number of thiazole rings is 1. The van der Waals surface area contributed by atoms with E-state index >= 15 is 0 Å². The lowest BCUT2D eigenvalue weighted by Gasteiger charge is -2.24. The Kier molecular flexibility index (Phi) is 5.90. The third-order valence-electron chi connectivity index (χ3n) is 5.14. The van der Waals surface area contributed by atoms with Gasteiger partial charge in [-0.05, 0) is 60.4 Å². The Morgan fingerprint density at radius 2 is 1.94 bits per heavy atom. The van der Waals surface area contributed by atoms with E-state index in [4.69, 9.17) is 14.5 Å². The lowest BCUT2D eigenvalue weighted by molar-refractivity contribution is -0.130. The van der Waals surface area contributed by atoms with Gasteiger partial charge in [0.2, 0.25) is 6.10 Å². The first-order valence-electron chi connectivity index (χ1n) is 10.2. The van der Waals surface area contributed by atoms with Crippen LogP contribution in [-0.4, -0.2) is 29.8 Å². The van der Waals surface area contributed by atoms with E-state index in [2.05, 4.69) is 16.6 Å². The molecule has 2 aliphatic rings. The summed E-state index contributed by atoms with van der Waals surface area (Å²) in [6.07, 6.45) is 5.28. The van der Waals surface area contributed by atoms with Crippen molar-refractivity contribution in [2.45, 2.75) is 36.1 Å². The number of carbonyl (C=O) groups is 1. The van der Waals surface area contributed by atoms with Crippen LogP contribution in [-0.2, 0) is 4.79 Å². The van der Waals surface area contributed by atoms with Crippen molar-refractivity contribution >= 4 is 45.4 Å². The van der Waals surface area contributed by atoms with Gasteiger partial charge in [-0.25, -0.2) is 10.4 Å². The van der Waals surface area contributed by atoms with E-state index in [9.17, 15) is 4.79 Å². The second-order valence-corrected chi connectivity index (χ2v) is 9.68. The molecule has 158 valence electrons. The molecule has 0 radical (unpaired) electrons. The molecular weight excluding hydrogens is 430 g/mol. The summed E-state index contributed by atoms with van der Waals surface area (Å²) in [4.78, 5) is 18.5. The fourth-order valence-corrected chi connectivity index (χ4v) is 5.87. The maximum atomic E-state index is 12.5. The van der Waals surface area contributed by atoms with Crippen LogP contribution in [0, 0.1) is 0 Å². The number of hydrazone groups is 1. The molecule has 0 fully saturated rings. The van der Waals surface area contributed by atoms with E-state index < -0.39 is 6.10 Å². The van der Waals surface area contributed by atoms with Crippen LogP contribution < -0.4 is 14.9 Å². The Hall–Kier alpha value is -2.84. The van der Waals surface area contributed by atoms with E-state index in [0.29, 0.717) is 11.5 Å². The van der Waals surface area contributed by atoms with Crippen molar-refractivity contribution in [3.63, 3.8) is 0 Å². The summed E-state index contributed by atoms with van der Waals surface area (Å²) in [5.74, 6) is 0.906. The van der Waals surface area contributed by atoms with Gasteiger partial charge in [-0.1, -0.05) is 36.0 Å². The first kappa shape index (κ1) is 20.1. The molecule has 0 saturated heterocycles. The van der Waals surface area contributed by atoms with E-state index in [1.807, 2.05) is 36.4 Å². The Morgan fingerprint density at radius 1 is 1.13 bits per heavy atom. The molecule has 31 heavy (non-hydrogen) atoms. The third kappa shape index (κ3) is 4.60. The zero-order valence-electron chi connectivity index (χ0n) is 16.7. The highest BCUT2D eigenvalue weighted by Gasteiger charge is 2.27. The van der Waals surface area contributed by atoms with Crippen molar-refractivity contribution in [3.05, 3.63) is 59.0 Å². The molecule has 1 aromatic heterocycles. The van der Waals surface area contributed by atoms with Gasteiger partial charge in [0.15, 0.2) is 15.8 Å². The quantitative estimate of drug-likeness (QED) is 0.429. The maximum absolute atomic E-state index is 12.5. The minimum absolute atomic E-state index is 0.166. The van der Waals surface area contributed by atoms with Gasteiger partial charge in [0.25, 0.3) is 5.91 Å². The van der Waals surface area contributed by atoms with Crippen LogP contribution in [0.3, 0.4) is 0 Å². The average Bonchev–Trinajstić information content (AvgIpc) is 3.22. The van der Waals surface area contributed by atoms with Gasteiger partial charge in [-0.3, -0.25) is 4.79 Å². The SMILES string of the molecule is O=C(N/N=C/C1=C(Sc2nc3ccccc3s2)CCCC1)C1COc2ccccc2O1. The lowest BCUT2D eigenvalue weighted by Crippen LogP contribution is -2.42. The highest BCUT2D eigenvalue weighted by molar-refractivity contribution is 8.04. The van der Waals surface area contributed by atoms with E-state index in [-0.39, 0.29) is 12.5 Å². The number of benzene rings is 2. The number of carbonyl (C=O) groups excluding carboxylic acids is 1. The number of allylic oxidation sites excluding steroid dienone is 2. The molecule has 0 saturated carbocycles. The predicted molar refractivity (Wildman–Crippen MR) is 124 cm³/mol. The summed E-state index contributed by atoms with van der Waals surface area (Å²) < 4.78 is 13.6. The van der Waals surface area contributed by atoms with Gasteiger partial charge < -0.3 is 9.47 Å². The number of hydrogen-bond acceptors (Lipinski definition) is 7. The molecule has 1 aliphatic carbocycles. The number of fused-ring (bicyclic) bond motifs is 2. The second kappa shape index (κ2) is 9.11. The highest BCUT2D eigenvalue weighted by atomic mass is 32.2. The van der Waals surface area contributed by atoms with Gasteiger partial charge in [-0.2, -0.15) is 5.10 Å². The Bertz CT molecular complexity index is 1140. The highest BCUT2D eigenvalue weighted by Crippen LogP contribution is 2.40. The molecule has 5 rings (SSSR count). The van der Waals surface area contributed by atoms with Crippen molar-refractivity contribution in [3.8, 4) is 11.5 Å². The van der Waals surface area contributed by atoms with Crippen molar-refractivity contribution in [1.29, 1.82) is 0 Å². The molecule has 1 aliphatic heterocycles. The summed E-state index contributed by atoms with van der Waals surface area (Å²) in [5, 5.41) is 4.21. The number of para-hydroxylation sites is 3. The normalized spacial score (nSPS) is 18.5. The molecule has 3 aromatic rings. The van der Waals surface area contributed by atoms with Gasteiger partial charge in [0.1, 0.15) is 6.61 Å². The Balaban J connectivity index is 1.25. The number of nitrogens with one attached hydrogen (secondary N) is 1. The van der Waals surface area contributed by atoms with Gasteiger partial charge >= 0.3 is 0 Å². The van der Waals surface area contributed by atoms with Gasteiger partial charge in [0.05, 0.1) is 16.4 Å². The molecule has 6 nitrogen and oxygen atoms in total. The molecule has 1 amide bonds. The Morgan fingerprint density at radius 3 is 2.84 bits per heavy atom. The van der Waals surface area contributed by atoms with E-state index in [0.717, 1.165) is 41.1 Å². The predicted octanol–water partition coefficient (Wildman–Crippen LogP) is 5.16. The van der Waals surface area contributed by atoms with Crippen molar-refractivity contribution < 1.29 is 14.3 Å². The van der Waals surface area contributed by atoms with Crippen molar-refractivity contribution in [2.75, 3.05) is 6.61 Å². The second-order valence-electron chi connectivity index (χ2n) is 7.30. The van der Waals surface area contributed by atoms with Gasteiger partial charge in [-0.15, -0.1) is 11.3 Å². The number of rotatable bonds is 5. The minimum Gasteiger partial charge on any atom is -0.485 e. The average molecular weight is 452 g/mol. The zero-order valence-corrected chi connectivity index (χ0v) is 18.4. The van der Waals surface area contributed by atoms with Crippen LogP contribution in [0.1, 0.15) is 25.7 Å². The number of amides is 1. The van der Waals surface area contributed by atoms with Crippen LogP contribution in [0.15, 0.2) is 68.5 Å². The van der Waals surface area contributed by atoms with E-state index in [1.165, 1.54) is 9.61 Å². The zero-order chi connectivity index (χ0) is 21.0. The van der Waals surface area contributed by atoms with E-state index in [1.54, 1.807) is 35.4 Å². The first-order chi connectivity index (χ1) is 15.3. The maximum Gasteiger partial charge on any atom is 0.284 e. The Labute approximate surface area is 188 Å². The number of aromatic nitrogens is 1. The molecule has 1 atom stereocenters. The van der Waals surface area contributed by atoms with Crippen LogP contribution in [0.2, 0.25) is 0 Å². The number of hydrogen-bond donors (Lipinski definition) is 1. The topological polar surface area (TPSA) is 72.8 Å². The largest absolute Gasteiger partial charge is 0.485 e. The molecule has 2 aromatic carbocycles. The molecule has 0 spiro atoms. The first-order valence-corrected chi connectivity index (χ1v) is 11.9. The molecule has 1 N–H and O–H groups in total. The lowest BCUT2D eigenvalue weighted by atomic mass is 10.0. The molecule has 2 heterocycles. The van der Waals surface area contributed by atoms with Crippen LogP contribution >= 0.6 is 23.1 Å². The van der Waals surface area contributed by atoms with Crippen LogP contribution in [0.25, 0.3) is 10.2 Å². The molecular formula is C23H21N3O3S2. The van der Waals surface area contributed by atoms with Crippen LogP contribution in [0.5, 0.6) is 11.5 Å². The fraction of sp³-hybridized carbons (Fsp3) is 0.261. The van der Waals surface area contributed by atoms with Crippen LogP contribution in [0.4, 0.5) is 0 Å². The van der Waals surface area contributed by atoms with Crippen molar-refractivity contribution in [2.24, 2.45) is 5.10 Å². The minimum atomic E-state index is -0.719. The summed E-state index contributed by atoms with van der Waals surface area (Å²) in [7, 11) is 0. The monoisotopic (exact) mass is 451 g/mol. The van der Waals surface area contributed by atoms with Crippen molar-refractivity contribution in [1.82, 2.24) is 10.4 Å². The standard InChI is InChI=1S/C23H21N3O3S2/c27-22(19-14-28-17-9-3-4-10-18(17)29-19)26-24-13-15-7-1-5-11-20(15)30-23-25-16-8-2-6-12-21(16)31-23/h2-4,6,8-10,12-13,19H,1,5,7,11,14H2,(H,26,27)/b24-13+.